The second kappa shape index (κ2) is 6.45. The highest BCUT2D eigenvalue weighted by Gasteiger charge is 2.24. The summed E-state index contributed by atoms with van der Waals surface area (Å²) < 4.78 is 5.42. The summed E-state index contributed by atoms with van der Waals surface area (Å²) in [5, 5.41) is 25.6. The Morgan fingerprint density at radius 3 is 2.08 bits per heavy atom. The van der Waals surface area contributed by atoms with Crippen molar-refractivity contribution in [1.29, 1.82) is 0 Å². The van der Waals surface area contributed by atoms with Gasteiger partial charge in [-0.05, 0) is 55.5 Å². The molecule has 0 aliphatic heterocycles. The van der Waals surface area contributed by atoms with Crippen LogP contribution in [0.5, 0.6) is 11.5 Å². The van der Waals surface area contributed by atoms with E-state index in [2.05, 4.69) is 10.5 Å². The molecule has 0 aliphatic rings. The summed E-state index contributed by atoms with van der Waals surface area (Å²) in [7, 11) is 0. The molecule has 0 spiro atoms. The standard InChI is InChI=1S/C18H16N2O4/c1-2-19-18(23)15-16(11-3-7-13(21)8-4-11)20-24-17(15)12-5-9-14(22)10-6-12/h3-10,21-22H,2H2,1H3,(H,19,23). The van der Waals surface area contributed by atoms with E-state index in [1.54, 1.807) is 24.3 Å². The minimum Gasteiger partial charge on any atom is -0.508 e. The first-order valence-corrected chi connectivity index (χ1v) is 7.47. The van der Waals surface area contributed by atoms with E-state index in [4.69, 9.17) is 4.52 Å². The Kier molecular flexibility index (Phi) is 4.20. The van der Waals surface area contributed by atoms with Gasteiger partial charge in [0.25, 0.3) is 5.91 Å². The van der Waals surface area contributed by atoms with Crippen molar-refractivity contribution < 1.29 is 19.5 Å². The predicted molar refractivity (Wildman–Crippen MR) is 88.7 cm³/mol. The average Bonchev–Trinajstić information content (AvgIpc) is 3.01. The van der Waals surface area contributed by atoms with Crippen LogP contribution in [0.25, 0.3) is 22.6 Å². The van der Waals surface area contributed by atoms with E-state index in [9.17, 15) is 15.0 Å². The zero-order valence-electron chi connectivity index (χ0n) is 13.0. The molecule has 6 heteroatoms. The van der Waals surface area contributed by atoms with Gasteiger partial charge in [-0.15, -0.1) is 0 Å². The molecule has 3 aromatic rings. The van der Waals surface area contributed by atoms with Gasteiger partial charge in [-0.3, -0.25) is 4.79 Å². The van der Waals surface area contributed by atoms with Gasteiger partial charge in [0.2, 0.25) is 0 Å². The molecule has 0 saturated heterocycles. The molecular formula is C18H16N2O4. The maximum atomic E-state index is 12.5. The topological polar surface area (TPSA) is 95.6 Å². The third kappa shape index (κ3) is 2.94. The Morgan fingerprint density at radius 1 is 1.00 bits per heavy atom. The van der Waals surface area contributed by atoms with E-state index in [0.717, 1.165) is 0 Å². The van der Waals surface area contributed by atoms with Crippen LogP contribution in [-0.4, -0.2) is 27.8 Å². The highest BCUT2D eigenvalue weighted by atomic mass is 16.5. The molecule has 1 aromatic heterocycles. The molecule has 3 N–H and O–H groups in total. The largest absolute Gasteiger partial charge is 0.508 e. The van der Waals surface area contributed by atoms with Gasteiger partial charge >= 0.3 is 0 Å². The Bertz CT molecular complexity index is 789. The molecule has 0 atom stereocenters. The zero-order valence-corrected chi connectivity index (χ0v) is 13.0. The lowest BCUT2D eigenvalue weighted by atomic mass is 10.0. The Morgan fingerprint density at radius 2 is 1.54 bits per heavy atom. The number of aromatic nitrogens is 1. The Balaban J connectivity index is 2.14. The number of rotatable bonds is 4. The molecule has 24 heavy (non-hydrogen) atoms. The van der Waals surface area contributed by atoms with E-state index in [1.807, 2.05) is 6.92 Å². The van der Waals surface area contributed by atoms with Crippen LogP contribution in [0, 0.1) is 0 Å². The fourth-order valence-electron chi connectivity index (χ4n) is 2.38. The number of hydrogen-bond acceptors (Lipinski definition) is 5. The molecule has 0 bridgehead atoms. The van der Waals surface area contributed by atoms with Gasteiger partial charge in [-0.25, -0.2) is 0 Å². The molecule has 122 valence electrons. The summed E-state index contributed by atoms with van der Waals surface area (Å²) in [6, 6.07) is 12.7. The smallest absolute Gasteiger partial charge is 0.257 e. The van der Waals surface area contributed by atoms with Crippen LogP contribution in [0.1, 0.15) is 17.3 Å². The summed E-state index contributed by atoms with van der Waals surface area (Å²) in [6.07, 6.45) is 0. The van der Waals surface area contributed by atoms with Crippen LogP contribution in [-0.2, 0) is 0 Å². The molecule has 1 heterocycles. The number of amides is 1. The number of phenols is 2. The lowest BCUT2D eigenvalue weighted by Crippen LogP contribution is -2.23. The van der Waals surface area contributed by atoms with Gasteiger partial charge in [-0.2, -0.15) is 0 Å². The normalized spacial score (nSPS) is 10.5. The van der Waals surface area contributed by atoms with Crippen molar-refractivity contribution >= 4 is 5.91 Å². The van der Waals surface area contributed by atoms with Gasteiger partial charge in [0.05, 0.1) is 0 Å². The lowest BCUT2D eigenvalue weighted by Gasteiger charge is -2.05. The van der Waals surface area contributed by atoms with Gasteiger partial charge in [0.1, 0.15) is 22.8 Å². The highest BCUT2D eigenvalue weighted by Crippen LogP contribution is 2.33. The van der Waals surface area contributed by atoms with Gasteiger partial charge < -0.3 is 20.1 Å². The Labute approximate surface area is 138 Å². The van der Waals surface area contributed by atoms with Crippen LogP contribution in [0.2, 0.25) is 0 Å². The van der Waals surface area contributed by atoms with Crippen LogP contribution < -0.4 is 5.32 Å². The number of nitrogens with zero attached hydrogens (tertiary/aromatic N) is 1. The molecule has 0 radical (unpaired) electrons. The van der Waals surface area contributed by atoms with Crippen molar-refractivity contribution in [2.45, 2.75) is 6.92 Å². The molecule has 0 saturated carbocycles. The zero-order chi connectivity index (χ0) is 17.1. The highest BCUT2D eigenvalue weighted by molar-refractivity contribution is 6.04. The van der Waals surface area contributed by atoms with E-state index in [1.165, 1.54) is 24.3 Å². The summed E-state index contributed by atoms with van der Waals surface area (Å²) in [4.78, 5) is 12.5. The number of nitrogens with one attached hydrogen (secondary N) is 1. The Hall–Kier alpha value is -3.28. The van der Waals surface area contributed by atoms with Crippen molar-refractivity contribution in [3.05, 3.63) is 54.1 Å². The number of phenolic OH excluding ortho intramolecular Hbond substituents is 2. The summed E-state index contributed by atoms with van der Waals surface area (Å²) in [5.74, 6) is 0.270. The third-order valence-electron chi connectivity index (χ3n) is 3.53. The number of hydrogen-bond donors (Lipinski definition) is 3. The number of aromatic hydroxyl groups is 2. The fourth-order valence-corrected chi connectivity index (χ4v) is 2.38. The third-order valence-corrected chi connectivity index (χ3v) is 3.53. The maximum absolute atomic E-state index is 12.5. The maximum Gasteiger partial charge on any atom is 0.257 e. The average molecular weight is 324 g/mol. The van der Waals surface area contributed by atoms with Gasteiger partial charge in [-0.1, -0.05) is 5.16 Å². The first-order valence-electron chi connectivity index (χ1n) is 7.47. The minimum atomic E-state index is -0.301. The number of carbonyl (C=O) groups is 1. The van der Waals surface area contributed by atoms with Gasteiger partial charge in [0, 0.05) is 17.7 Å². The minimum absolute atomic E-state index is 0.122. The van der Waals surface area contributed by atoms with E-state index < -0.39 is 0 Å². The van der Waals surface area contributed by atoms with Crippen molar-refractivity contribution in [3.63, 3.8) is 0 Å². The quantitative estimate of drug-likeness (QED) is 0.685. The second-order valence-electron chi connectivity index (χ2n) is 5.19. The van der Waals surface area contributed by atoms with E-state index >= 15 is 0 Å². The monoisotopic (exact) mass is 324 g/mol. The van der Waals surface area contributed by atoms with Crippen molar-refractivity contribution in [3.8, 4) is 34.1 Å². The van der Waals surface area contributed by atoms with Crippen LogP contribution in [0.4, 0.5) is 0 Å². The van der Waals surface area contributed by atoms with Crippen LogP contribution >= 0.6 is 0 Å². The second-order valence-corrected chi connectivity index (χ2v) is 5.19. The van der Waals surface area contributed by atoms with Crippen LogP contribution in [0.15, 0.2) is 53.1 Å². The first kappa shape index (κ1) is 15.6. The first-order chi connectivity index (χ1) is 11.6. The SMILES string of the molecule is CCNC(=O)c1c(-c2ccc(O)cc2)noc1-c1ccc(O)cc1. The molecule has 6 nitrogen and oxygen atoms in total. The number of carbonyl (C=O) groups excluding carboxylic acids is 1. The molecule has 0 fully saturated rings. The van der Waals surface area contributed by atoms with E-state index in [0.29, 0.717) is 34.7 Å². The van der Waals surface area contributed by atoms with E-state index in [-0.39, 0.29) is 17.4 Å². The van der Waals surface area contributed by atoms with Crippen molar-refractivity contribution in [1.82, 2.24) is 10.5 Å². The molecule has 3 rings (SSSR count). The molecule has 0 unspecified atom stereocenters. The summed E-state index contributed by atoms with van der Waals surface area (Å²) in [6.45, 7) is 2.29. The predicted octanol–water partition coefficient (Wildman–Crippen LogP) is 3.17. The number of benzene rings is 2. The van der Waals surface area contributed by atoms with Crippen LogP contribution in [0.3, 0.4) is 0 Å². The van der Waals surface area contributed by atoms with Gasteiger partial charge in [0.15, 0.2) is 5.76 Å². The molecule has 0 aliphatic carbocycles. The molecular weight excluding hydrogens is 308 g/mol. The van der Waals surface area contributed by atoms with Crippen molar-refractivity contribution in [2.24, 2.45) is 0 Å². The lowest BCUT2D eigenvalue weighted by molar-refractivity contribution is 0.0956. The summed E-state index contributed by atoms with van der Waals surface area (Å²) >= 11 is 0. The fraction of sp³-hybridized carbons (Fsp3) is 0.111. The summed E-state index contributed by atoms with van der Waals surface area (Å²) in [5.41, 5.74) is 1.99. The molecule has 2 aromatic carbocycles. The molecule has 1 amide bonds. The van der Waals surface area contributed by atoms with Crippen molar-refractivity contribution in [2.75, 3.05) is 6.54 Å².